The maximum atomic E-state index is 15.0. The molecule has 4 saturated heterocycles. The van der Waals surface area contributed by atoms with Crippen LogP contribution in [0, 0.1) is 34.5 Å². The maximum absolute atomic E-state index is 15.0. The molecule has 60 heavy (non-hydrogen) atoms. The number of carbonyl (C=O) groups excluding carboxylic acids is 3. The zero-order valence-corrected chi connectivity index (χ0v) is 35.0. The number of rotatable bonds is 11. The fourth-order valence-electron chi connectivity index (χ4n) is 12.5. The number of epoxide rings is 1. The topological polar surface area (TPSA) is 148 Å². The van der Waals surface area contributed by atoms with Gasteiger partial charge in [0.1, 0.15) is 29.8 Å². The van der Waals surface area contributed by atoms with E-state index in [1.54, 1.807) is 23.3 Å². The van der Waals surface area contributed by atoms with Crippen LogP contribution in [0.4, 0.5) is 0 Å². The van der Waals surface area contributed by atoms with Gasteiger partial charge >= 0.3 is 5.97 Å². The molecule has 9 fully saturated rings. The molecule has 5 saturated carbocycles. The minimum atomic E-state index is -1.30. The number of allylic oxidation sites excluding steroid dienone is 1. The smallest absolute Gasteiger partial charge is 0.327 e. The van der Waals surface area contributed by atoms with E-state index in [9.17, 15) is 19.5 Å². The Labute approximate surface area is 352 Å². The Morgan fingerprint density at radius 2 is 1.67 bits per heavy atom. The summed E-state index contributed by atoms with van der Waals surface area (Å²) in [5.74, 6) is -0.0520. The number of fused-ring (bicyclic) bond motifs is 6. The molecule has 2 aromatic carbocycles. The summed E-state index contributed by atoms with van der Waals surface area (Å²) in [5, 5.41) is 16.7. The van der Waals surface area contributed by atoms with Gasteiger partial charge in [-0.2, -0.15) is 5.06 Å². The van der Waals surface area contributed by atoms with Gasteiger partial charge in [-0.1, -0.05) is 61.9 Å². The number of carbonyl (C=O) groups is 3. The number of ether oxygens (including phenoxy) is 4. The molecule has 0 radical (unpaired) electrons. The van der Waals surface area contributed by atoms with Crippen LogP contribution < -0.4 is 10.6 Å². The number of aliphatic hydroxyl groups is 1. The molecular formula is C48H59N3O9. The third-order valence-electron chi connectivity index (χ3n) is 16.0. The Balaban J connectivity index is 0.888. The molecule has 5 aliphatic carbocycles. The average molecular weight is 822 g/mol. The highest BCUT2D eigenvalue weighted by Gasteiger charge is 2.78. The van der Waals surface area contributed by atoms with E-state index in [0.29, 0.717) is 28.9 Å². The van der Waals surface area contributed by atoms with Crippen molar-refractivity contribution in [2.45, 2.75) is 146 Å². The van der Waals surface area contributed by atoms with Crippen molar-refractivity contribution < 1.29 is 43.3 Å². The number of amides is 2. The molecule has 12 heteroatoms. The van der Waals surface area contributed by atoms with Gasteiger partial charge in [-0.25, -0.2) is 0 Å². The predicted molar refractivity (Wildman–Crippen MR) is 218 cm³/mol. The number of aliphatic hydroxyl groups excluding tert-OH is 1. The second-order valence-corrected chi connectivity index (χ2v) is 20.4. The summed E-state index contributed by atoms with van der Waals surface area (Å²) in [6.45, 7) is 7.52. The van der Waals surface area contributed by atoms with Crippen molar-refractivity contribution in [1.29, 1.82) is 0 Å². The number of hydrogen-bond acceptors (Lipinski definition) is 10. The molecule has 2 amide bonds. The summed E-state index contributed by atoms with van der Waals surface area (Å²) in [5.41, 5.74) is 3.82. The number of hydroxylamine groups is 2. The molecule has 3 N–H and O–H groups in total. The second kappa shape index (κ2) is 14.2. The third kappa shape index (κ3) is 6.41. The normalized spacial score (nSPS) is 38.9. The van der Waals surface area contributed by atoms with E-state index in [2.05, 4.69) is 61.7 Å². The summed E-state index contributed by atoms with van der Waals surface area (Å²) in [6, 6.07) is 14.5. The van der Waals surface area contributed by atoms with Crippen LogP contribution in [0.15, 0.2) is 54.1 Å². The van der Waals surface area contributed by atoms with Crippen molar-refractivity contribution >= 4 is 23.9 Å². The molecule has 10 atom stereocenters. The van der Waals surface area contributed by atoms with Gasteiger partial charge in [0.2, 0.25) is 5.91 Å². The van der Waals surface area contributed by atoms with Gasteiger partial charge in [0, 0.05) is 36.9 Å². The monoisotopic (exact) mass is 821 g/mol. The van der Waals surface area contributed by atoms with Crippen molar-refractivity contribution in [2.75, 3.05) is 13.2 Å². The number of esters is 1. The summed E-state index contributed by atoms with van der Waals surface area (Å²) < 4.78 is 26.5. The highest BCUT2D eigenvalue weighted by atomic mass is 16.8. The second-order valence-electron chi connectivity index (χ2n) is 20.4. The van der Waals surface area contributed by atoms with Crippen LogP contribution in [0.5, 0.6) is 0 Å². The van der Waals surface area contributed by atoms with E-state index in [4.69, 9.17) is 23.8 Å². The lowest BCUT2D eigenvalue weighted by Crippen LogP contribution is -2.69. The fourth-order valence-corrected chi connectivity index (χ4v) is 12.5. The zero-order valence-electron chi connectivity index (χ0n) is 35.0. The number of nitrogens with one attached hydrogen (secondary N) is 2. The lowest BCUT2D eigenvalue weighted by Gasteiger charge is -2.53. The molecule has 4 heterocycles. The number of nitrogens with zero attached hydrogens (tertiary/aromatic N) is 1. The molecule has 320 valence electrons. The summed E-state index contributed by atoms with van der Waals surface area (Å²) >= 11 is 0. The molecule has 4 aliphatic heterocycles. The van der Waals surface area contributed by atoms with Gasteiger partial charge < -0.3 is 34.7 Å². The lowest BCUT2D eigenvalue weighted by molar-refractivity contribution is -0.235. The first-order valence-electron chi connectivity index (χ1n) is 22.6. The Hall–Kier alpha value is -3.65. The standard InChI is InChI=1S/C48H59N3O9/c1-45(2)23-34-30(10-15-37-46(3,57-37)17-16-35(34)45)21-27-6-4-8-29(20-27)26-51-40-43(54)56-36-24-47(40,44(55)50-25-28-7-5-9-31(22-28)42(53)49-18-19-52)41(60-51)39-38(36)58-48(59-39,32-11-12-32)33-13-14-33/h4-9,20-22,32-41,52H,10-19,23-26H2,1-3H3,(H,49,53)(H,50,55)/t34-,35-,36+,37?,38+,39+,40+,41-,46-,47+/m1/s1. The van der Waals surface area contributed by atoms with Gasteiger partial charge in [0.15, 0.2) is 11.8 Å². The van der Waals surface area contributed by atoms with Gasteiger partial charge in [0.25, 0.3) is 5.91 Å². The molecule has 2 bridgehead atoms. The number of benzene rings is 2. The molecule has 0 spiro atoms. The van der Waals surface area contributed by atoms with Crippen molar-refractivity contribution in [1.82, 2.24) is 15.7 Å². The Morgan fingerprint density at radius 1 is 0.900 bits per heavy atom. The van der Waals surface area contributed by atoms with Gasteiger partial charge in [-0.3, -0.25) is 19.2 Å². The predicted octanol–water partition coefficient (Wildman–Crippen LogP) is 5.60. The van der Waals surface area contributed by atoms with Crippen molar-refractivity contribution in [3.8, 4) is 0 Å². The Morgan fingerprint density at radius 3 is 2.43 bits per heavy atom. The third-order valence-corrected chi connectivity index (χ3v) is 16.0. The van der Waals surface area contributed by atoms with E-state index < -0.39 is 47.6 Å². The molecule has 9 aliphatic rings. The summed E-state index contributed by atoms with van der Waals surface area (Å²) in [4.78, 5) is 49.0. The van der Waals surface area contributed by atoms with Crippen LogP contribution in [0.3, 0.4) is 0 Å². The first-order valence-corrected chi connectivity index (χ1v) is 22.6. The van der Waals surface area contributed by atoms with Gasteiger partial charge in [0.05, 0.1) is 24.9 Å². The van der Waals surface area contributed by atoms with Crippen LogP contribution in [0.2, 0.25) is 0 Å². The summed E-state index contributed by atoms with van der Waals surface area (Å²) in [7, 11) is 0. The van der Waals surface area contributed by atoms with Crippen molar-refractivity contribution in [3.63, 3.8) is 0 Å². The molecule has 1 unspecified atom stereocenters. The quantitative estimate of drug-likeness (QED) is 0.193. The largest absolute Gasteiger partial charge is 0.458 e. The first-order chi connectivity index (χ1) is 28.9. The number of hydrogen-bond donors (Lipinski definition) is 3. The molecule has 12 nitrogen and oxygen atoms in total. The van der Waals surface area contributed by atoms with E-state index in [-0.39, 0.29) is 61.9 Å². The Bertz CT molecular complexity index is 2100. The van der Waals surface area contributed by atoms with Crippen LogP contribution >= 0.6 is 0 Å². The average Bonchev–Trinajstić information content (AvgIpc) is 4.18. The SMILES string of the molecule is CC1(C)C[C@@H]2C(=Cc3cccc(CN4O[C@@H]5[C@H]6OC(C7CC7)(C7CC7)O[C@H]6[C@@H]6C[C@]5(C(=O)NCc5cccc(C(=O)NCCO)c5)[C@@H]4C(=O)O6)c3)CCC3O[C@]3(C)CC[C@H]21. The summed E-state index contributed by atoms with van der Waals surface area (Å²) in [6.07, 6.45) is 10.2. The van der Waals surface area contributed by atoms with E-state index in [0.717, 1.165) is 61.6 Å². The van der Waals surface area contributed by atoms with Gasteiger partial charge in [-0.15, -0.1) is 0 Å². The molecule has 2 aromatic rings. The highest BCUT2D eigenvalue weighted by Crippen LogP contribution is 2.64. The van der Waals surface area contributed by atoms with Crippen LogP contribution in [-0.4, -0.2) is 89.1 Å². The maximum Gasteiger partial charge on any atom is 0.327 e. The molecule has 0 aromatic heterocycles. The minimum Gasteiger partial charge on any atom is -0.458 e. The Kier molecular flexibility index (Phi) is 9.27. The van der Waals surface area contributed by atoms with Crippen LogP contribution in [-0.2, 0) is 46.5 Å². The lowest BCUT2D eigenvalue weighted by atomic mass is 9.52. The van der Waals surface area contributed by atoms with Crippen LogP contribution in [0.1, 0.15) is 112 Å². The first kappa shape index (κ1) is 39.2. The van der Waals surface area contributed by atoms with Crippen molar-refractivity contribution in [3.05, 3.63) is 76.4 Å². The van der Waals surface area contributed by atoms with E-state index >= 15 is 0 Å². The molecule has 11 rings (SSSR count). The van der Waals surface area contributed by atoms with E-state index in [1.165, 1.54) is 18.4 Å². The molecular weight excluding hydrogens is 763 g/mol. The van der Waals surface area contributed by atoms with Crippen molar-refractivity contribution in [2.24, 2.45) is 34.5 Å². The van der Waals surface area contributed by atoms with Crippen LogP contribution in [0.25, 0.3) is 6.08 Å². The van der Waals surface area contributed by atoms with E-state index in [1.807, 2.05) is 6.07 Å². The zero-order chi connectivity index (χ0) is 41.2. The van der Waals surface area contributed by atoms with Gasteiger partial charge in [-0.05, 0) is 111 Å². The minimum absolute atomic E-state index is 0.0319. The highest BCUT2D eigenvalue weighted by molar-refractivity contribution is 5.95. The fraction of sp³-hybridized carbons (Fsp3) is 0.646.